The van der Waals surface area contributed by atoms with Gasteiger partial charge in [-0.1, -0.05) is 80.6 Å². The highest BCUT2D eigenvalue weighted by Crippen LogP contribution is 2.45. The van der Waals surface area contributed by atoms with E-state index in [1.165, 1.54) is 0 Å². The third-order valence-electron chi connectivity index (χ3n) is 6.66. The van der Waals surface area contributed by atoms with Crippen LogP contribution >= 0.6 is 0 Å². The van der Waals surface area contributed by atoms with Gasteiger partial charge in [-0.25, -0.2) is 0 Å². The van der Waals surface area contributed by atoms with Gasteiger partial charge >= 0.3 is 0 Å². The summed E-state index contributed by atoms with van der Waals surface area (Å²) in [5.41, 5.74) is 13.7. The first-order chi connectivity index (χ1) is 16.7. The van der Waals surface area contributed by atoms with E-state index in [9.17, 15) is 9.90 Å². The van der Waals surface area contributed by atoms with Crippen LogP contribution in [0.1, 0.15) is 37.8 Å². The monoisotopic (exact) mass is 462 g/mol. The maximum atomic E-state index is 13.5. The van der Waals surface area contributed by atoms with Gasteiger partial charge in [-0.05, 0) is 47.2 Å². The molecule has 1 aliphatic carbocycles. The van der Waals surface area contributed by atoms with Crippen molar-refractivity contribution >= 4 is 17.0 Å². The van der Waals surface area contributed by atoms with Crippen molar-refractivity contribution in [2.45, 2.75) is 33.6 Å². The van der Waals surface area contributed by atoms with Crippen LogP contribution in [0.3, 0.4) is 0 Å². The van der Waals surface area contributed by atoms with Crippen LogP contribution in [0, 0.1) is 12.3 Å². The number of carbonyl (C=O) groups excluding carboxylic acids is 1. The number of nitrogens with zero attached hydrogens (tertiary/aromatic N) is 1. The van der Waals surface area contributed by atoms with Gasteiger partial charge in [0.1, 0.15) is 5.76 Å². The maximum Gasteiger partial charge on any atom is 0.167 e. The van der Waals surface area contributed by atoms with Crippen LogP contribution in [0.5, 0.6) is 0 Å². The van der Waals surface area contributed by atoms with Gasteiger partial charge < -0.3 is 15.4 Å². The topological polar surface area (TPSA) is 68.2 Å². The van der Waals surface area contributed by atoms with Gasteiger partial charge in [0, 0.05) is 18.4 Å². The van der Waals surface area contributed by atoms with Crippen LogP contribution < -0.4 is 5.73 Å². The number of Topliss-reactive ketones (excluding diaryl/α,β-unsaturated/α-hetero) is 1. The minimum Gasteiger partial charge on any atom is -0.512 e. The summed E-state index contributed by atoms with van der Waals surface area (Å²) in [6.07, 6.45) is 0.847. The van der Waals surface area contributed by atoms with E-state index in [4.69, 9.17) is 5.73 Å². The minimum atomic E-state index is -0.274. The Morgan fingerprint density at radius 3 is 2.09 bits per heavy atom. The van der Waals surface area contributed by atoms with E-state index in [-0.39, 0.29) is 17.0 Å². The standard InChI is InChI=1S/C31H30N2O2/c1-20-14-15-25(24(32)16-20)33-26(21-10-6-4-7-11-21)17-23(30(33)22-12-8-5-9-13-22)29-27(34)18-31(2,3)19-28(29)35/h4-17,34H,18-19,32H2,1-3H3. The van der Waals surface area contributed by atoms with Crippen molar-refractivity contribution in [3.05, 3.63) is 102 Å². The molecule has 3 N–H and O–H groups in total. The summed E-state index contributed by atoms with van der Waals surface area (Å²) >= 11 is 0. The Morgan fingerprint density at radius 2 is 1.49 bits per heavy atom. The second kappa shape index (κ2) is 8.62. The molecule has 176 valence electrons. The highest BCUT2D eigenvalue weighted by Gasteiger charge is 2.36. The van der Waals surface area contributed by atoms with Gasteiger partial charge in [-0.2, -0.15) is 0 Å². The lowest BCUT2D eigenvalue weighted by Crippen LogP contribution is -2.25. The van der Waals surface area contributed by atoms with Crippen molar-refractivity contribution in [1.29, 1.82) is 0 Å². The number of allylic oxidation sites excluding steroid dienone is 2. The third-order valence-corrected chi connectivity index (χ3v) is 6.66. The SMILES string of the molecule is Cc1ccc(-n2c(-c3ccccc3)cc(C3=C(O)CC(C)(C)CC3=O)c2-c2ccccc2)c(N)c1. The van der Waals surface area contributed by atoms with E-state index in [1.807, 2.05) is 93.6 Å². The molecule has 1 heterocycles. The third kappa shape index (κ3) is 4.17. The largest absolute Gasteiger partial charge is 0.512 e. The van der Waals surface area contributed by atoms with Crippen molar-refractivity contribution in [3.8, 4) is 28.2 Å². The first kappa shape index (κ1) is 22.7. The molecule has 35 heavy (non-hydrogen) atoms. The molecule has 5 rings (SSSR count). The van der Waals surface area contributed by atoms with E-state index in [2.05, 4.69) is 16.7 Å². The molecule has 4 nitrogen and oxygen atoms in total. The number of carbonyl (C=O) groups is 1. The van der Waals surface area contributed by atoms with Gasteiger partial charge in [0.05, 0.1) is 28.3 Å². The van der Waals surface area contributed by atoms with E-state index in [0.29, 0.717) is 24.1 Å². The number of nitrogens with two attached hydrogens (primary N) is 1. The second-order valence-corrected chi connectivity index (χ2v) is 10.2. The fraction of sp³-hybridized carbons (Fsp3) is 0.194. The van der Waals surface area contributed by atoms with Gasteiger partial charge in [0.25, 0.3) is 0 Å². The van der Waals surface area contributed by atoms with Gasteiger partial charge in [0.15, 0.2) is 5.78 Å². The van der Waals surface area contributed by atoms with Crippen molar-refractivity contribution in [2.75, 3.05) is 5.73 Å². The minimum absolute atomic E-state index is 0.0374. The summed E-state index contributed by atoms with van der Waals surface area (Å²) in [6.45, 7) is 6.05. The first-order valence-corrected chi connectivity index (χ1v) is 11.9. The molecule has 0 fully saturated rings. The number of hydrogen-bond donors (Lipinski definition) is 2. The van der Waals surface area contributed by atoms with Crippen LogP contribution in [-0.2, 0) is 4.79 Å². The summed E-state index contributed by atoms with van der Waals surface area (Å²) < 4.78 is 2.13. The molecule has 0 unspecified atom stereocenters. The molecule has 1 aromatic heterocycles. The molecule has 1 aliphatic rings. The zero-order valence-electron chi connectivity index (χ0n) is 20.4. The maximum absolute atomic E-state index is 13.5. The second-order valence-electron chi connectivity index (χ2n) is 10.2. The molecule has 0 radical (unpaired) electrons. The Labute approximate surface area is 206 Å². The summed E-state index contributed by atoms with van der Waals surface area (Å²) in [7, 11) is 0. The Kier molecular flexibility index (Phi) is 5.60. The Bertz CT molecular complexity index is 1440. The molecule has 4 heteroatoms. The number of aromatic nitrogens is 1. The van der Waals surface area contributed by atoms with Crippen molar-refractivity contribution < 1.29 is 9.90 Å². The summed E-state index contributed by atoms with van der Waals surface area (Å²) in [6, 6.07) is 28.1. The normalized spacial score (nSPS) is 15.5. The fourth-order valence-electron chi connectivity index (χ4n) is 5.12. The highest BCUT2D eigenvalue weighted by molar-refractivity contribution is 6.24. The van der Waals surface area contributed by atoms with Crippen LogP contribution in [0.15, 0.2) is 90.7 Å². The number of nitrogen functional groups attached to an aromatic ring is 1. The first-order valence-electron chi connectivity index (χ1n) is 11.9. The molecule has 0 atom stereocenters. The van der Waals surface area contributed by atoms with Crippen molar-refractivity contribution in [3.63, 3.8) is 0 Å². The number of hydrogen-bond acceptors (Lipinski definition) is 3. The lowest BCUT2D eigenvalue weighted by Gasteiger charge is -2.29. The van der Waals surface area contributed by atoms with Crippen LogP contribution in [0.2, 0.25) is 0 Å². The quantitative estimate of drug-likeness (QED) is 0.311. The average molecular weight is 463 g/mol. The van der Waals surface area contributed by atoms with Crippen molar-refractivity contribution in [1.82, 2.24) is 4.57 Å². The summed E-state index contributed by atoms with van der Waals surface area (Å²) in [5.74, 6) is 0.113. The molecule has 0 saturated carbocycles. The van der Waals surface area contributed by atoms with Gasteiger partial charge in [-0.15, -0.1) is 0 Å². The predicted octanol–water partition coefficient (Wildman–Crippen LogP) is 7.36. The summed E-state index contributed by atoms with van der Waals surface area (Å²) in [4.78, 5) is 13.5. The molecule has 0 spiro atoms. The number of aliphatic hydroxyl groups excluding tert-OH is 1. The zero-order chi connectivity index (χ0) is 24.7. The highest BCUT2D eigenvalue weighted by atomic mass is 16.3. The van der Waals surface area contributed by atoms with Gasteiger partial charge in [0.2, 0.25) is 0 Å². The molecule has 0 saturated heterocycles. The zero-order valence-corrected chi connectivity index (χ0v) is 20.4. The van der Waals surface area contributed by atoms with E-state index in [0.717, 1.165) is 39.3 Å². The lowest BCUT2D eigenvalue weighted by molar-refractivity contribution is -0.116. The molecule has 4 aromatic rings. The number of aliphatic hydroxyl groups is 1. The molecular formula is C31H30N2O2. The van der Waals surface area contributed by atoms with Crippen LogP contribution in [0.4, 0.5) is 5.69 Å². The smallest absolute Gasteiger partial charge is 0.167 e. The fourth-order valence-corrected chi connectivity index (χ4v) is 5.12. The van der Waals surface area contributed by atoms with E-state index < -0.39 is 0 Å². The van der Waals surface area contributed by atoms with Gasteiger partial charge in [-0.3, -0.25) is 4.79 Å². The molecule has 0 aliphatic heterocycles. The predicted molar refractivity (Wildman–Crippen MR) is 143 cm³/mol. The Morgan fingerprint density at radius 1 is 0.857 bits per heavy atom. The lowest BCUT2D eigenvalue weighted by atomic mass is 9.75. The number of rotatable bonds is 4. The summed E-state index contributed by atoms with van der Waals surface area (Å²) in [5, 5.41) is 11.2. The number of anilines is 1. The average Bonchev–Trinajstić information content (AvgIpc) is 3.18. The molecule has 3 aromatic carbocycles. The van der Waals surface area contributed by atoms with Crippen LogP contribution in [0.25, 0.3) is 33.8 Å². The van der Waals surface area contributed by atoms with Crippen LogP contribution in [-0.4, -0.2) is 15.5 Å². The van der Waals surface area contributed by atoms with E-state index in [1.54, 1.807) is 0 Å². The Balaban J connectivity index is 1.91. The number of benzene rings is 3. The Hall–Kier alpha value is -4.05. The molecule has 0 amide bonds. The molecular weight excluding hydrogens is 432 g/mol. The van der Waals surface area contributed by atoms with E-state index >= 15 is 0 Å². The number of aryl methyl sites for hydroxylation is 1. The number of ketones is 1. The van der Waals surface area contributed by atoms with Crippen molar-refractivity contribution in [2.24, 2.45) is 5.41 Å². The molecule has 0 bridgehead atoms.